The summed E-state index contributed by atoms with van der Waals surface area (Å²) in [6, 6.07) is 16.2. The molecule has 0 unspecified atom stereocenters. The second-order valence-corrected chi connectivity index (χ2v) is 7.05. The highest BCUT2D eigenvalue weighted by molar-refractivity contribution is 5.80. The Bertz CT molecular complexity index is 738. The number of amides is 1. The molecule has 138 valence electrons. The minimum atomic E-state index is -0.524. The maximum absolute atomic E-state index is 12.4. The van der Waals surface area contributed by atoms with Gasteiger partial charge in [0.05, 0.1) is 0 Å². The van der Waals surface area contributed by atoms with Crippen LogP contribution in [-0.4, -0.2) is 30.0 Å². The lowest BCUT2D eigenvalue weighted by Crippen LogP contribution is -2.36. The molecule has 26 heavy (non-hydrogen) atoms. The molecule has 2 aromatic rings. The largest absolute Gasteiger partial charge is 0.481 e. The second-order valence-electron chi connectivity index (χ2n) is 7.05. The minimum absolute atomic E-state index is 0.0989. The van der Waals surface area contributed by atoms with Gasteiger partial charge in [-0.3, -0.25) is 9.69 Å². The Morgan fingerprint density at radius 2 is 1.85 bits per heavy atom. The van der Waals surface area contributed by atoms with Gasteiger partial charge in [0, 0.05) is 13.1 Å². The Morgan fingerprint density at radius 3 is 2.62 bits per heavy atom. The van der Waals surface area contributed by atoms with Crippen LogP contribution in [0.25, 0.3) is 0 Å². The first-order valence-electron chi connectivity index (χ1n) is 9.42. The number of ether oxygens (including phenoxy) is 1. The highest BCUT2D eigenvalue weighted by atomic mass is 16.5. The number of aryl methyl sites for hydroxylation is 1. The van der Waals surface area contributed by atoms with E-state index in [0.29, 0.717) is 6.54 Å². The Kier molecular flexibility index (Phi) is 6.29. The third-order valence-electron chi connectivity index (χ3n) is 4.83. The molecule has 1 saturated heterocycles. The second kappa shape index (κ2) is 8.86. The first-order valence-corrected chi connectivity index (χ1v) is 9.42. The average Bonchev–Trinajstić information content (AvgIpc) is 3.15. The van der Waals surface area contributed by atoms with Crippen molar-refractivity contribution in [3.63, 3.8) is 0 Å². The number of para-hydroxylation sites is 1. The first kappa shape index (κ1) is 18.5. The van der Waals surface area contributed by atoms with Crippen LogP contribution < -0.4 is 10.1 Å². The van der Waals surface area contributed by atoms with Crippen LogP contribution in [0.5, 0.6) is 5.75 Å². The molecule has 4 heteroatoms. The molecule has 0 aromatic heterocycles. The zero-order valence-electron chi connectivity index (χ0n) is 15.7. The Morgan fingerprint density at radius 1 is 1.12 bits per heavy atom. The summed E-state index contributed by atoms with van der Waals surface area (Å²) in [5.74, 6) is 0.654. The van der Waals surface area contributed by atoms with Gasteiger partial charge in [-0.15, -0.1) is 0 Å². The van der Waals surface area contributed by atoms with Crippen LogP contribution in [0.2, 0.25) is 0 Å². The van der Waals surface area contributed by atoms with Crippen LogP contribution in [0.3, 0.4) is 0 Å². The molecule has 0 aliphatic carbocycles. The van der Waals surface area contributed by atoms with Crippen LogP contribution in [0, 0.1) is 6.92 Å². The van der Waals surface area contributed by atoms with E-state index in [0.717, 1.165) is 23.4 Å². The summed E-state index contributed by atoms with van der Waals surface area (Å²) >= 11 is 0. The van der Waals surface area contributed by atoms with Gasteiger partial charge in [0.25, 0.3) is 5.91 Å². The summed E-state index contributed by atoms with van der Waals surface area (Å²) < 4.78 is 5.79. The molecule has 1 aliphatic rings. The molecule has 1 fully saturated rings. The molecule has 1 amide bonds. The van der Waals surface area contributed by atoms with E-state index >= 15 is 0 Å². The number of hydrogen-bond donors (Lipinski definition) is 1. The third kappa shape index (κ3) is 5.09. The zero-order valence-corrected chi connectivity index (χ0v) is 15.7. The molecule has 0 radical (unpaired) electrons. The summed E-state index contributed by atoms with van der Waals surface area (Å²) in [5, 5.41) is 2.98. The standard InChI is InChI=1S/C22H28N2O2/c1-17-8-3-4-11-21(17)26-18(2)22(25)23-15-19-9-7-10-20(14-19)16-24-12-5-6-13-24/h3-4,7-11,14,18H,5-6,12-13,15-16H2,1-2H3,(H,23,25)/t18-/m0/s1. The van der Waals surface area contributed by atoms with E-state index in [2.05, 4.69) is 34.5 Å². The topological polar surface area (TPSA) is 41.6 Å². The van der Waals surface area contributed by atoms with Crippen molar-refractivity contribution >= 4 is 5.91 Å². The van der Waals surface area contributed by atoms with Gasteiger partial charge in [0.15, 0.2) is 6.10 Å². The molecular weight excluding hydrogens is 324 g/mol. The van der Waals surface area contributed by atoms with Crippen LogP contribution in [0.4, 0.5) is 0 Å². The summed E-state index contributed by atoms with van der Waals surface area (Å²) in [7, 11) is 0. The van der Waals surface area contributed by atoms with E-state index in [1.807, 2.05) is 31.2 Å². The van der Waals surface area contributed by atoms with Crippen molar-refractivity contribution in [3.05, 3.63) is 65.2 Å². The van der Waals surface area contributed by atoms with Gasteiger partial charge < -0.3 is 10.1 Å². The molecule has 1 heterocycles. The molecule has 4 nitrogen and oxygen atoms in total. The van der Waals surface area contributed by atoms with Crippen LogP contribution in [0.15, 0.2) is 48.5 Å². The predicted molar refractivity (Wildman–Crippen MR) is 104 cm³/mol. The van der Waals surface area contributed by atoms with Crippen molar-refractivity contribution in [1.29, 1.82) is 0 Å². The highest BCUT2D eigenvalue weighted by Gasteiger charge is 2.15. The van der Waals surface area contributed by atoms with Gasteiger partial charge in [-0.1, -0.05) is 42.5 Å². The fourth-order valence-electron chi connectivity index (χ4n) is 3.30. The van der Waals surface area contributed by atoms with E-state index in [1.54, 1.807) is 6.92 Å². The summed E-state index contributed by atoms with van der Waals surface area (Å²) in [5.41, 5.74) is 3.46. The van der Waals surface area contributed by atoms with Crippen LogP contribution >= 0.6 is 0 Å². The van der Waals surface area contributed by atoms with Gasteiger partial charge >= 0.3 is 0 Å². The fraction of sp³-hybridized carbons (Fsp3) is 0.409. The number of likely N-dealkylation sites (tertiary alicyclic amines) is 1. The third-order valence-corrected chi connectivity index (χ3v) is 4.83. The fourth-order valence-corrected chi connectivity index (χ4v) is 3.30. The number of benzene rings is 2. The number of carbonyl (C=O) groups excluding carboxylic acids is 1. The van der Waals surface area contributed by atoms with Crippen LogP contribution in [-0.2, 0) is 17.9 Å². The van der Waals surface area contributed by atoms with Crippen LogP contribution in [0.1, 0.15) is 36.5 Å². The predicted octanol–water partition coefficient (Wildman–Crippen LogP) is 3.67. The zero-order chi connectivity index (χ0) is 18.4. The van der Waals surface area contributed by atoms with Crippen molar-refractivity contribution in [1.82, 2.24) is 10.2 Å². The SMILES string of the molecule is Cc1ccccc1O[C@@H](C)C(=O)NCc1cccc(CN2CCCC2)c1. The molecule has 1 N–H and O–H groups in total. The van der Waals surface area contributed by atoms with E-state index in [9.17, 15) is 4.79 Å². The summed E-state index contributed by atoms with van der Waals surface area (Å²) in [6.07, 6.45) is 2.08. The molecule has 1 aliphatic heterocycles. The monoisotopic (exact) mass is 352 g/mol. The molecular formula is C22H28N2O2. The lowest BCUT2D eigenvalue weighted by molar-refractivity contribution is -0.127. The molecule has 2 aromatic carbocycles. The maximum atomic E-state index is 12.4. The molecule has 1 atom stereocenters. The molecule has 0 spiro atoms. The lowest BCUT2D eigenvalue weighted by Gasteiger charge is -2.17. The van der Waals surface area contributed by atoms with Crippen molar-refractivity contribution in [3.8, 4) is 5.75 Å². The minimum Gasteiger partial charge on any atom is -0.481 e. The van der Waals surface area contributed by atoms with E-state index in [-0.39, 0.29) is 5.91 Å². The van der Waals surface area contributed by atoms with Crippen molar-refractivity contribution in [2.75, 3.05) is 13.1 Å². The average molecular weight is 352 g/mol. The Balaban J connectivity index is 1.51. The number of nitrogens with one attached hydrogen (secondary N) is 1. The maximum Gasteiger partial charge on any atom is 0.261 e. The quantitative estimate of drug-likeness (QED) is 0.827. The lowest BCUT2D eigenvalue weighted by atomic mass is 10.1. The van der Waals surface area contributed by atoms with Crippen molar-refractivity contribution in [2.45, 2.75) is 45.9 Å². The summed E-state index contributed by atoms with van der Waals surface area (Å²) in [6.45, 7) is 7.66. The van der Waals surface area contributed by atoms with E-state index < -0.39 is 6.10 Å². The van der Waals surface area contributed by atoms with E-state index in [1.165, 1.54) is 31.5 Å². The van der Waals surface area contributed by atoms with Gasteiger partial charge in [-0.2, -0.15) is 0 Å². The van der Waals surface area contributed by atoms with Crippen molar-refractivity contribution < 1.29 is 9.53 Å². The number of carbonyl (C=O) groups is 1. The molecule has 0 bridgehead atoms. The number of nitrogens with zero attached hydrogens (tertiary/aromatic N) is 1. The highest BCUT2D eigenvalue weighted by Crippen LogP contribution is 2.18. The normalized spacial score (nSPS) is 15.6. The Hall–Kier alpha value is -2.33. The van der Waals surface area contributed by atoms with Gasteiger partial charge in [0.1, 0.15) is 5.75 Å². The molecule has 3 rings (SSSR count). The Labute approximate surface area is 156 Å². The van der Waals surface area contributed by atoms with Gasteiger partial charge in [-0.05, 0) is 62.5 Å². The van der Waals surface area contributed by atoms with E-state index in [4.69, 9.17) is 4.74 Å². The number of rotatable bonds is 7. The van der Waals surface area contributed by atoms with Gasteiger partial charge in [-0.25, -0.2) is 0 Å². The van der Waals surface area contributed by atoms with Gasteiger partial charge in [0.2, 0.25) is 0 Å². The molecule has 0 saturated carbocycles. The summed E-state index contributed by atoms with van der Waals surface area (Å²) in [4.78, 5) is 14.8. The number of hydrogen-bond acceptors (Lipinski definition) is 3. The smallest absolute Gasteiger partial charge is 0.261 e. The van der Waals surface area contributed by atoms with Crippen molar-refractivity contribution in [2.24, 2.45) is 0 Å². The first-order chi connectivity index (χ1) is 12.6.